The van der Waals surface area contributed by atoms with E-state index in [9.17, 15) is 0 Å². The molecule has 0 aliphatic carbocycles. The average molecular weight is 239 g/mol. The summed E-state index contributed by atoms with van der Waals surface area (Å²) >= 11 is 0. The third kappa shape index (κ3) is 5.22. The van der Waals surface area contributed by atoms with Gasteiger partial charge >= 0.3 is 0 Å². The van der Waals surface area contributed by atoms with Gasteiger partial charge < -0.3 is 10.1 Å². The molecular formula is C13H25N3O. The first-order valence-electron chi connectivity index (χ1n) is 6.18. The van der Waals surface area contributed by atoms with E-state index in [1.807, 2.05) is 13.2 Å². The molecule has 17 heavy (non-hydrogen) atoms. The second-order valence-corrected chi connectivity index (χ2v) is 5.88. The Morgan fingerprint density at radius 1 is 1.41 bits per heavy atom. The Bertz CT molecular complexity index is 339. The van der Waals surface area contributed by atoms with Crippen molar-refractivity contribution in [2.24, 2.45) is 13.0 Å². The summed E-state index contributed by atoms with van der Waals surface area (Å²) in [6.07, 6.45) is 3.82. The van der Waals surface area contributed by atoms with Gasteiger partial charge in [-0.05, 0) is 26.7 Å². The van der Waals surface area contributed by atoms with Crippen LogP contribution >= 0.6 is 0 Å². The number of aryl methyl sites for hydroxylation is 1. The van der Waals surface area contributed by atoms with Crippen LogP contribution in [-0.4, -0.2) is 28.0 Å². The van der Waals surface area contributed by atoms with Crippen LogP contribution in [0.25, 0.3) is 0 Å². The van der Waals surface area contributed by atoms with Gasteiger partial charge in [0.1, 0.15) is 6.10 Å². The van der Waals surface area contributed by atoms with Crippen molar-refractivity contribution < 1.29 is 4.74 Å². The van der Waals surface area contributed by atoms with Crippen LogP contribution < -0.4 is 10.1 Å². The number of nitrogens with zero attached hydrogens (tertiary/aromatic N) is 2. The first-order valence-corrected chi connectivity index (χ1v) is 6.18. The van der Waals surface area contributed by atoms with E-state index in [2.05, 4.69) is 45.0 Å². The molecule has 0 amide bonds. The van der Waals surface area contributed by atoms with E-state index in [-0.39, 0.29) is 11.6 Å². The maximum atomic E-state index is 5.95. The van der Waals surface area contributed by atoms with Crippen LogP contribution in [0.2, 0.25) is 0 Å². The Kier molecular flexibility index (Phi) is 4.57. The predicted molar refractivity (Wildman–Crippen MR) is 70.2 cm³/mol. The number of hydrogen-bond acceptors (Lipinski definition) is 3. The summed E-state index contributed by atoms with van der Waals surface area (Å²) in [5, 5.41) is 7.59. The lowest BCUT2D eigenvalue weighted by Crippen LogP contribution is -2.44. The summed E-state index contributed by atoms with van der Waals surface area (Å²) in [7, 11) is 1.89. The normalized spacial score (nSPS) is 14.1. The molecule has 0 saturated heterocycles. The summed E-state index contributed by atoms with van der Waals surface area (Å²) < 4.78 is 7.70. The zero-order valence-electron chi connectivity index (χ0n) is 11.8. The molecule has 0 radical (unpaired) electrons. The second-order valence-electron chi connectivity index (χ2n) is 5.88. The molecule has 0 saturated carbocycles. The van der Waals surface area contributed by atoms with Gasteiger partial charge in [0.2, 0.25) is 0 Å². The Balaban J connectivity index is 2.55. The molecule has 1 rings (SSSR count). The van der Waals surface area contributed by atoms with Crippen molar-refractivity contribution >= 4 is 0 Å². The smallest absolute Gasteiger partial charge is 0.157 e. The van der Waals surface area contributed by atoms with Gasteiger partial charge in [0.25, 0.3) is 0 Å². The van der Waals surface area contributed by atoms with Crippen molar-refractivity contribution in [3.8, 4) is 5.75 Å². The van der Waals surface area contributed by atoms with Crippen LogP contribution in [0.1, 0.15) is 34.6 Å². The van der Waals surface area contributed by atoms with Gasteiger partial charge in [-0.3, -0.25) is 4.68 Å². The summed E-state index contributed by atoms with van der Waals surface area (Å²) in [5.41, 5.74) is 0.117. The molecular weight excluding hydrogens is 214 g/mol. The highest BCUT2D eigenvalue weighted by molar-refractivity contribution is 5.12. The summed E-state index contributed by atoms with van der Waals surface area (Å²) in [5.74, 6) is 1.30. The molecule has 1 aromatic rings. The maximum Gasteiger partial charge on any atom is 0.157 e. The van der Waals surface area contributed by atoms with Crippen molar-refractivity contribution in [3.63, 3.8) is 0 Å². The van der Waals surface area contributed by atoms with E-state index in [4.69, 9.17) is 4.74 Å². The molecule has 0 aliphatic heterocycles. The summed E-state index contributed by atoms with van der Waals surface area (Å²) in [4.78, 5) is 0. The molecule has 0 spiro atoms. The highest BCUT2D eigenvalue weighted by Crippen LogP contribution is 2.15. The topological polar surface area (TPSA) is 39.1 Å². The number of aromatic nitrogens is 2. The number of hydrogen-bond donors (Lipinski definition) is 1. The fourth-order valence-electron chi connectivity index (χ4n) is 1.45. The molecule has 1 heterocycles. The zero-order valence-corrected chi connectivity index (χ0v) is 11.8. The molecule has 0 aliphatic rings. The van der Waals surface area contributed by atoms with Crippen LogP contribution in [0.3, 0.4) is 0 Å². The molecule has 0 fully saturated rings. The Labute approximate surface area is 104 Å². The highest BCUT2D eigenvalue weighted by Gasteiger charge is 2.19. The van der Waals surface area contributed by atoms with Crippen molar-refractivity contribution in [3.05, 3.63) is 12.4 Å². The first kappa shape index (κ1) is 14.0. The monoisotopic (exact) mass is 239 g/mol. The van der Waals surface area contributed by atoms with Gasteiger partial charge in [0.05, 0.1) is 12.4 Å². The zero-order chi connectivity index (χ0) is 13.1. The van der Waals surface area contributed by atoms with Gasteiger partial charge in [-0.2, -0.15) is 5.10 Å². The van der Waals surface area contributed by atoms with Crippen LogP contribution in [0.4, 0.5) is 0 Å². The van der Waals surface area contributed by atoms with Crippen molar-refractivity contribution in [2.45, 2.75) is 46.3 Å². The second kappa shape index (κ2) is 5.54. The SMILES string of the molecule is CC(C)C(CNC(C)(C)C)Oc1cnn(C)c1. The predicted octanol–water partition coefficient (Wildman–Crippen LogP) is 2.21. The molecule has 0 aromatic carbocycles. The average Bonchev–Trinajstić information content (AvgIpc) is 2.56. The Hall–Kier alpha value is -1.03. The van der Waals surface area contributed by atoms with Gasteiger partial charge in [-0.1, -0.05) is 13.8 Å². The van der Waals surface area contributed by atoms with Gasteiger partial charge in [-0.15, -0.1) is 0 Å². The molecule has 1 atom stereocenters. The summed E-state index contributed by atoms with van der Waals surface area (Å²) in [6, 6.07) is 0. The van der Waals surface area contributed by atoms with Crippen molar-refractivity contribution in [2.75, 3.05) is 6.54 Å². The van der Waals surface area contributed by atoms with Gasteiger partial charge in [-0.25, -0.2) is 0 Å². The molecule has 98 valence electrons. The minimum atomic E-state index is 0.117. The van der Waals surface area contributed by atoms with Gasteiger partial charge in [0, 0.05) is 19.1 Å². The quantitative estimate of drug-likeness (QED) is 0.856. The fraction of sp³-hybridized carbons (Fsp3) is 0.769. The van der Waals surface area contributed by atoms with Crippen LogP contribution in [0.15, 0.2) is 12.4 Å². The lowest BCUT2D eigenvalue weighted by Gasteiger charge is -2.27. The molecule has 1 aromatic heterocycles. The molecule has 1 N–H and O–H groups in total. The molecule has 0 bridgehead atoms. The molecule has 1 unspecified atom stereocenters. The largest absolute Gasteiger partial charge is 0.486 e. The van der Waals surface area contributed by atoms with Crippen LogP contribution in [-0.2, 0) is 7.05 Å². The third-order valence-electron chi connectivity index (χ3n) is 2.55. The van der Waals surface area contributed by atoms with E-state index in [0.29, 0.717) is 5.92 Å². The Morgan fingerprint density at radius 2 is 2.06 bits per heavy atom. The first-order chi connectivity index (χ1) is 7.78. The maximum absolute atomic E-state index is 5.95. The Morgan fingerprint density at radius 3 is 2.47 bits per heavy atom. The minimum absolute atomic E-state index is 0.117. The number of nitrogens with one attached hydrogen (secondary N) is 1. The van der Waals surface area contributed by atoms with E-state index < -0.39 is 0 Å². The van der Waals surface area contributed by atoms with Crippen molar-refractivity contribution in [1.82, 2.24) is 15.1 Å². The van der Waals surface area contributed by atoms with E-state index in [1.54, 1.807) is 10.9 Å². The van der Waals surface area contributed by atoms with Crippen molar-refractivity contribution in [1.29, 1.82) is 0 Å². The lowest BCUT2D eigenvalue weighted by molar-refractivity contribution is 0.139. The lowest BCUT2D eigenvalue weighted by atomic mass is 10.0. The van der Waals surface area contributed by atoms with E-state index >= 15 is 0 Å². The van der Waals surface area contributed by atoms with Gasteiger partial charge in [0.15, 0.2) is 5.75 Å². The molecule has 4 nitrogen and oxygen atoms in total. The minimum Gasteiger partial charge on any atom is -0.486 e. The summed E-state index contributed by atoms with van der Waals surface area (Å²) in [6.45, 7) is 11.7. The number of ether oxygens (including phenoxy) is 1. The van der Waals surface area contributed by atoms with E-state index in [1.165, 1.54) is 0 Å². The van der Waals surface area contributed by atoms with Crippen LogP contribution in [0, 0.1) is 5.92 Å². The van der Waals surface area contributed by atoms with E-state index in [0.717, 1.165) is 12.3 Å². The molecule has 4 heteroatoms. The standard InChI is InChI=1S/C13H25N3O/c1-10(2)12(8-14-13(3,4)5)17-11-7-15-16(6)9-11/h7,9-10,12,14H,8H2,1-6H3. The third-order valence-corrected chi connectivity index (χ3v) is 2.55. The number of rotatable bonds is 5. The highest BCUT2D eigenvalue weighted by atomic mass is 16.5. The fourth-order valence-corrected chi connectivity index (χ4v) is 1.45. The van der Waals surface area contributed by atoms with Crippen LogP contribution in [0.5, 0.6) is 5.75 Å².